The van der Waals surface area contributed by atoms with E-state index in [2.05, 4.69) is 14.6 Å². The Morgan fingerprint density at radius 2 is 1.69 bits per heavy atom. The molecule has 5 rings (SSSR count). The quantitative estimate of drug-likeness (QED) is 0.388. The van der Waals surface area contributed by atoms with Crippen LogP contribution in [0, 0.1) is 0 Å². The number of carbonyl (C=O) groups excluding carboxylic acids is 1. The van der Waals surface area contributed by atoms with Crippen molar-refractivity contribution < 1.29 is 27.4 Å². The SMILES string of the molecule is CN1CCN(C(=O)c2cccc(-c3ccc4c(c3)C=Nc3cc(OC(F)(F)F)ccc3O4)c2)CC1. The van der Waals surface area contributed by atoms with Crippen LogP contribution in [0.5, 0.6) is 17.2 Å². The first-order valence-electron chi connectivity index (χ1n) is 11.1. The second-order valence-electron chi connectivity index (χ2n) is 8.47. The summed E-state index contributed by atoms with van der Waals surface area (Å²) in [6.07, 6.45) is -3.25. The molecule has 0 radical (unpaired) electrons. The molecule has 0 atom stereocenters. The minimum atomic E-state index is -4.79. The third kappa shape index (κ3) is 5.14. The van der Waals surface area contributed by atoms with Gasteiger partial charge < -0.3 is 19.3 Å². The number of likely N-dealkylation sites (N-methyl/N-ethyl adjacent to an activating group) is 1. The Balaban J connectivity index is 1.39. The van der Waals surface area contributed by atoms with Crippen molar-refractivity contribution in [1.29, 1.82) is 0 Å². The van der Waals surface area contributed by atoms with E-state index in [1.165, 1.54) is 18.2 Å². The van der Waals surface area contributed by atoms with Crippen LogP contribution < -0.4 is 9.47 Å². The molecule has 2 heterocycles. The highest BCUT2D eigenvalue weighted by Crippen LogP contribution is 2.40. The average molecular weight is 481 g/mol. The summed E-state index contributed by atoms with van der Waals surface area (Å²) in [6.45, 7) is 3.09. The minimum absolute atomic E-state index is 0.00642. The van der Waals surface area contributed by atoms with Crippen molar-refractivity contribution in [2.75, 3.05) is 33.2 Å². The highest BCUT2D eigenvalue weighted by atomic mass is 19.4. The van der Waals surface area contributed by atoms with Crippen molar-refractivity contribution in [2.24, 2.45) is 4.99 Å². The molecule has 0 bridgehead atoms. The molecule has 0 aromatic heterocycles. The average Bonchev–Trinajstić information content (AvgIpc) is 3.02. The lowest BCUT2D eigenvalue weighted by Crippen LogP contribution is -2.47. The van der Waals surface area contributed by atoms with Crippen LogP contribution in [0.25, 0.3) is 11.1 Å². The van der Waals surface area contributed by atoms with E-state index in [1.807, 2.05) is 48.3 Å². The van der Waals surface area contributed by atoms with Gasteiger partial charge in [0.05, 0.1) is 0 Å². The van der Waals surface area contributed by atoms with E-state index in [-0.39, 0.29) is 17.3 Å². The van der Waals surface area contributed by atoms with Crippen molar-refractivity contribution in [1.82, 2.24) is 9.80 Å². The molecule has 1 saturated heterocycles. The van der Waals surface area contributed by atoms with E-state index in [1.54, 1.807) is 12.3 Å². The van der Waals surface area contributed by atoms with Gasteiger partial charge in [-0.3, -0.25) is 9.79 Å². The van der Waals surface area contributed by atoms with E-state index in [0.717, 1.165) is 24.2 Å². The van der Waals surface area contributed by atoms with Gasteiger partial charge in [-0.2, -0.15) is 0 Å². The minimum Gasteiger partial charge on any atom is -0.454 e. The molecular formula is C26H22F3N3O3. The summed E-state index contributed by atoms with van der Waals surface area (Å²) in [5.74, 6) is 0.477. The first kappa shape index (κ1) is 22.9. The normalized spacial score (nSPS) is 15.6. The number of rotatable bonds is 3. The van der Waals surface area contributed by atoms with E-state index >= 15 is 0 Å². The Labute approximate surface area is 200 Å². The number of hydrogen-bond donors (Lipinski definition) is 0. The van der Waals surface area contributed by atoms with Crippen molar-refractivity contribution in [2.45, 2.75) is 6.36 Å². The number of amides is 1. The van der Waals surface area contributed by atoms with Gasteiger partial charge in [0.1, 0.15) is 17.2 Å². The Morgan fingerprint density at radius 1 is 0.943 bits per heavy atom. The van der Waals surface area contributed by atoms with Crippen LogP contribution >= 0.6 is 0 Å². The number of alkyl halides is 3. The fourth-order valence-electron chi connectivity index (χ4n) is 4.08. The van der Waals surface area contributed by atoms with Crippen LogP contribution in [0.2, 0.25) is 0 Å². The topological polar surface area (TPSA) is 54.4 Å². The zero-order valence-electron chi connectivity index (χ0n) is 18.9. The highest BCUT2D eigenvalue weighted by molar-refractivity contribution is 5.96. The van der Waals surface area contributed by atoms with Gasteiger partial charge >= 0.3 is 6.36 Å². The Morgan fingerprint density at radius 3 is 2.46 bits per heavy atom. The molecule has 3 aromatic rings. The fraction of sp³-hybridized carbons (Fsp3) is 0.231. The Hall–Kier alpha value is -3.85. The van der Waals surface area contributed by atoms with Crippen molar-refractivity contribution in [3.8, 4) is 28.4 Å². The predicted molar refractivity (Wildman–Crippen MR) is 126 cm³/mol. The summed E-state index contributed by atoms with van der Waals surface area (Å²) in [5, 5.41) is 0. The lowest BCUT2D eigenvalue weighted by atomic mass is 10.00. The molecule has 9 heteroatoms. The van der Waals surface area contributed by atoms with Crippen LogP contribution in [0.1, 0.15) is 15.9 Å². The first-order chi connectivity index (χ1) is 16.7. The number of hydrogen-bond acceptors (Lipinski definition) is 5. The molecule has 35 heavy (non-hydrogen) atoms. The molecule has 1 fully saturated rings. The molecule has 180 valence electrons. The number of nitrogens with zero attached hydrogens (tertiary/aromatic N) is 3. The number of benzene rings is 3. The number of piperazine rings is 1. The van der Waals surface area contributed by atoms with Crippen molar-refractivity contribution in [3.63, 3.8) is 0 Å². The molecule has 0 spiro atoms. The van der Waals surface area contributed by atoms with E-state index in [9.17, 15) is 18.0 Å². The highest BCUT2D eigenvalue weighted by Gasteiger charge is 2.31. The van der Waals surface area contributed by atoms with Gasteiger partial charge in [0, 0.05) is 49.6 Å². The van der Waals surface area contributed by atoms with Gasteiger partial charge in [-0.1, -0.05) is 18.2 Å². The second kappa shape index (κ2) is 9.07. The zero-order valence-corrected chi connectivity index (χ0v) is 18.9. The summed E-state index contributed by atoms with van der Waals surface area (Å²) in [6, 6.07) is 16.7. The van der Waals surface area contributed by atoms with Crippen LogP contribution in [-0.2, 0) is 0 Å². The van der Waals surface area contributed by atoms with Crippen LogP contribution in [0.3, 0.4) is 0 Å². The summed E-state index contributed by atoms with van der Waals surface area (Å²) < 4.78 is 47.6. The molecule has 3 aromatic carbocycles. The van der Waals surface area contributed by atoms with Crippen LogP contribution in [0.4, 0.5) is 18.9 Å². The number of carbonyl (C=O) groups is 1. The van der Waals surface area contributed by atoms with Crippen molar-refractivity contribution >= 4 is 17.8 Å². The number of fused-ring (bicyclic) bond motifs is 2. The van der Waals surface area contributed by atoms with Gasteiger partial charge in [0.25, 0.3) is 5.91 Å². The molecule has 0 unspecified atom stereocenters. The number of ether oxygens (including phenoxy) is 2. The molecule has 6 nitrogen and oxygen atoms in total. The largest absolute Gasteiger partial charge is 0.573 e. The zero-order chi connectivity index (χ0) is 24.6. The third-order valence-electron chi connectivity index (χ3n) is 5.97. The Kier molecular flexibility index (Phi) is 5.94. The maximum atomic E-state index is 13.0. The number of aliphatic imine (C=N–C) groups is 1. The molecule has 2 aliphatic rings. The summed E-state index contributed by atoms with van der Waals surface area (Å²) in [4.78, 5) is 21.4. The van der Waals surface area contributed by atoms with Gasteiger partial charge in [-0.25, -0.2) is 0 Å². The molecule has 0 saturated carbocycles. The summed E-state index contributed by atoms with van der Waals surface area (Å²) in [5.41, 5.74) is 3.23. The predicted octanol–water partition coefficient (Wildman–Crippen LogP) is 5.50. The van der Waals surface area contributed by atoms with Gasteiger partial charge in [-0.05, 0) is 54.6 Å². The monoisotopic (exact) mass is 481 g/mol. The van der Waals surface area contributed by atoms with Crippen LogP contribution in [0.15, 0.2) is 65.7 Å². The second-order valence-corrected chi connectivity index (χ2v) is 8.47. The number of halogens is 3. The molecule has 2 aliphatic heterocycles. The standard InChI is InChI=1S/C26H22F3N3O3/c1-31-9-11-32(12-10-31)25(33)19-4-2-3-17(13-19)18-5-7-23-20(14-18)16-30-22-15-21(35-26(27,28)29)6-8-24(22)34-23/h2-8,13-16H,9-12H2,1H3. The van der Waals surface area contributed by atoms with Crippen LogP contribution in [-0.4, -0.2) is 61.5 Å². The lowest BCUT2D eigenvalue weighted by Gasteiger charge is -2.32. The summed E-state index contributed by atoms with van der Waals surface area (Å²) >= 11 is 0. The van der Waals surface area contributed by atoms with E-state index < -0.39 is 6.36 Å². The first-order valence-corrected chi connectivity index (χ1v) is 11.1. The summed E-state index contributed by atoms with van der Waals surface area (Å²) in [7, 11) is 2.04. The van der Waals surface area contributed by atoms with E-state index in [0.29, 0.717) is 35.7 Å². The lowest BCUT2D eigenvalue weighted by molar-refractivity contribution is -0.274. The van der Waals surface area contributed by atoms with Gasteiger partial charge in [0.2, 0.25) is 0 Å². The van der Waals surface area contributed by atoms with Crippen molar-refractivity contribution in [3.05, 3.63) is 71.8 Å². The van der Waals surface area contributed by atoms with Gasteiger partial charge in [0.15, 0.2) is 5.75 Å². The van der Waals surface area contributed by atoms with E-state index in [4.69, 9.17) is 4.74 Å². The molecular weight excluding hydrogens is 459 g/mol. The Bertz CT molecular complexity index is 1300. The smallest absolute Gasteiger partial charge is 0.454 e. The molecule has 0 N–H and O–H groups in total. The maximum Gasteiger partial charge on any atom is 0.573 e. The third-order valence-corrected chi connectivity index (χ3v) is 5.97. The molecule has 0 aliphatic carbocycles. The molecule has 1 amide bonds. The fourth-order valence-corrected chi connectivity index (χ4v) is 4.08. The van der Waals surface area contributed by atoms with Gasteiger partial charge in [-0.15, -0.1) is 13.2 Å². The maximum absolute atomic E-state index is 13.0.